The molecule has 1 amide bonds. The van der Waals surface area contributed by atoms with E-state index in [0.29, 0.717) is 18.8 Å². The number of halogens is 1. The Morgan fingerprint density at radius 2 is 2.14 bits per heavy atom. The largest absolute Gasteiger partial charge is 0.484 e. The highest BCUT2D eigenvalue weighted by Crippen LogP contribution is 2.24. The van der Waals surface area contributed by atoms with Crippen molar-refractivity contribution < 1.29 is 19.1 Å². The van der Waals surface area contributed by atoms with Crippen LogP contribution in [0, 0.1) is 11.8 Å². The van der Waals surface area contributed by atoms with Crippen molar-refractivity contribution in [2.75, 3.05) is 26.8 Å². The molecule has 0 N–H and O–H groups in total. The molecule has 21 heavy (non-hydrogen) atoms. The first-order chi connectivity index (χ1) is 10.0. The number of likely N-dealkylation sites (tertiary alicyclic amines) is 1. The van der Waals surface area contributed by atoms with Gasteiger partial charge < -0.3 is 14.4 Å². The maximum absolute atomic E-state index is 12.1. The highest BCUT2D eigenvalue weighted by molar-refractivity contribution is 9.10. The zero-order valence-electron chi connectivity index (χ0n) is 12.0. The lowest BCUT2D eigenvalue weighted by atomic mass is 9.99. The van der Waals surface area contributed by atoms with E-state index in [2.05, 4.69) is 15.9 Å². The Kier molecular flexibility index (Phi) is 5.22. The number of esters is 1. The van der Waals surface area contributed by atoms with Crippen LogP contribution in [-0.4, -0.2) is 43.6 Å². The molecule has 1 saturated heterocycles. The summed E-state index contributed by atoms with van der Waals surface area (Å²) in [6, 6.07) is 7.33. The van der Waals surface area contributed by atoms with Crippen LogP contribution in [0.2, 0.25) is 0 Å². The number of carbonyl (C=O) groups excluding carboxylic acids is 2. The molecule has 5 nitrogen and oxygen atoms in total. The van der Waals surface area contributed by atoms with Gasteiger partial charge in [-0.1, -0.05) is 28.9 Å². The molecule has 0 radical (unpaired) electrons. The third-order valence-electron chi connectivity index (χ3n) is 3.63. The van der Waals surface area contributed by atoms with Crippen LogP contribution >= 0.6 is 15.9 Å². The molecule has 1 heterocycles. The van der Waals surface area contributed by atoms with Gasteiger partial charge in [0.2, 0.25) is 0 Å². The molecule has 6 heteroatoms. The monoisotopic (exact) mass is 355 g/mol. The molecule has 1 aliphatic heterocycles. The molecule has 1 fully saturated rings. The first kappa shape index (κ1) is 15.8. The van der Waals surface area contributed by atoms with E-state index in [9.17, 15) is 9.59 Å². The second kappa shape index (κ2) is 6.93. The van der Waals surface area contributed by atoms with Crippen molar-refractivity contribution in [2.45, 2.75) is 6.92 Å². The van der Waals surface area contributed by atoms with E-state index < -0.39 is 0 Å². The van der Waals surface area contributed by atoms with Gasteiger partial charge in [-0.3, -0.25) is 9.59 Å². The molecular weight excluding hydrogens is 338 g/mol. The van der Waals surface area contributed by atoms with Gasteiger partial charge >= 0.3 is 5.97 Å². The van der Waals surface area contributed by atoms with Gasteiger partial charge in [-0.2, -0.15) is 0 Å². The Morgan fingerprint density at radius 1 is 1.38 bits per heavy atom. The maximum Gasteiger partial charge on any atom is 0.310 e. The van der Waals surface area contributed by atoms with E-state index in [1.807, 2.05) is 19.1 Å². The molecule has 0 spiro atoms. The van der Waals surface area contributed by atoms with E-state index in [1.165, 1.54) is 7.11 Å². The first-order valence-electron chi connectivity index (χ1n) is 6.75. The van der Waals surface area contributed by atoms with Gasteiger partial charge in [-0.05, 0) is 24.1 Å². The highest BCUT2D eigenvalue weighted by atomic mass is 79.9. The van der Waals surface area contributed by atoms with Gasteiger partial charge in [0, 0.05) is 17.6 Å². The lowest BCUT2D eigenvalue weighted by Gasteiger charge is -2.16. The van der Waals surface area contributed by atoms with Gasteiger partial charge in [0.1, 0.15) is 5.75 Å². The summed E-state index contributed by atoms with van der Waals surface area (Å²) in [7, 11) is 1.37. The summed E-state index contributed by atoms with van der Waals surface area (Å²) in [4.78, 5) is 25.4. The third-order valence-corrected chi connectivity index (χ3v) is 4.12. The van der Waals surface area contributed by atoms with Crippen molar-refractivity contribution >= 4 is 27.8 Å². The second-order valence-electron chi connectivity index (χ2n) is 5.15. The number of hydrogen-bond acceptors (Lipinski definition) is 4. The number of amides is 1. The molecule has 0 aromatic heterocycles. The van der Waals surface area contributed by atoms with Crippen LogP contribution in [0.25, 0.3) is 0 Å². The summed E-state index contributed by atoms with van der Waals surface area (Å²) < 4.78 is 11.1. The number of benzene rings is 1. The van der Waals surface area contributed by atoms with E-state index >= 15 is 0 Å². The highest BCUT2D eigenvalue weighted by Gasteiger charge is 2.37. The number of carbonyl (C=O) groups is 2. The summed E-state index contributed by atoms with van der Waals surface area (Å²) in [5.41, 5.74) is 0. The summed E-state index contributed by atoms with van der Waals surface area (Å²) in [5, 5.41) is 0. The zero-order chi connectivity index (χ0) is 15.4. The molecule has 0 saturated carbocycles. The number of nitrogens with zero attached hydrogens (tertiary/aromatic N) is 1. The summed E-state index contributed by atoms with van der Waals surface area (Å²) >= 11 is 3.35. The van der Waals surface area contributed by atoms with Crippen LogP contribution in [0.5, 0.6) is 5.75 Å². The molecule has 114 valence electrons. The summed E-state index contributed by atoms with van der Waals surface area (Å²) in [6.45, 7) is 2.87. The normalized spacial score (nSPS) is 21.2. The standard InChI is InChI=1S/C15H18BrNO4/c1-10-7-17(8-13(10)15(19)20-2)14(18)9-21-12-5-3-4-11(16)6-12/h3-6,10,13H,7-9H2,1-2H3. The van der Waals surface area contributed by atoms with Gasteiger partial charge in [0.25, 0.3) is 5.91 Å². The molecule has 0 bridgehead atoms. The van der Waals surface area contributed by atoms with E-state index in [-0.39, 0.29) is 30.3 Å². The van der Waals surface area contributed by atoms with Crippen molar-refractivity contribution in [3.05, 3.63) is 28.7 Å². The maximum atomic E-state index is 12.1. The van der Waals surface area contributed by atoms with E-state index in [0.717, 1.165) is 4.47 Å². The quantitative estimate of drug-likeness (QED) is 0.776. The minimum atomic E-state index is -0.259. The van der Waals surface area contributed by atoms with Gasteiger partial charge in [-0.25, -0.2) is 0 Å². The van der Waals surface area contributed by atoms with Crippen molar-refractivity contribution in [3.63, 3.8) is 0 Å². The number of rotatable bonds is 4. The summed E-state index contributed by atoms with van der Waals surface area (Å²) in [5.74, 6) is 0.116. The van der Waals surface area contributed by atoms with Crippen LogP contribution in [-0.2, 0) is 14.3 Å². The number of methoxy groups -OCH3 is 1. The van der Waals surface area contributed by atoms with Gasteiger partial charge in [-0.15, -0.1) is 0 Å². The van der Waals surface area contributed by atoms with E-state index in [4.69, 9.17) is 9.47 Å². The van der Waals surface area contributed by atoms with Crippen molar-refractivity contribution in [1.82, 2.24) is 4.90 Å². The molecular formula is C15H18BrNO4. The van der Waals surface area contributed by atoms with Gasteiger partial charge in [0.05, 0.1) is 13.0 Å². The van der Waals surface area contributed by atoms with Crippen LogP contribution in [0.3, 0.4) is 0 Å². The average Bonchev–Trinajstić information content (AvgIpc) is 2.86. The lowest BCUT2D eigenvalue weighted by Crippen LogP contribution is -2.34. The van der Waals surface area contributed by atoms with Crippen molar-refractivity contribution in [1.29, 1.82) is 0 Å². The van der Waals surface area contributed by atoms with Crippen LogP contribution < -0.4 is 4.74 Å². The Bertz CT molecular complexity index is 534. The third kappa shape index (κ3) is 3.97. The van der Waals surface area contributed by atoms with E-state index in [1.54, 1.807) is 17.0 Å². The Hall–Kier alpha value is -1.56. The molecule has 1 aromatic carbocycles. The molecule has 1 aromatic rings. The SMILES string of the molecule is COC(=O)C1CN(C(=O)COc2cccc(Br)c2)CC1C. The van der Waals surface area contributed by atoms with Crippen molar-refractivity contribution in [3.8, 4) is 5.75 Å². The second-order valence-corrected chi connectivity index (χ2v) is 6.07. The van der Waals surface area contributed by atoms with Crippen molar-refractivity contribution in [2.24, 2.45) is 11.8 Å². The Balaban J connectivity index is 1.88. The molecule has 2 unspecified atom stereocenters. The molecule has 2 rings (SSSR count). The first-order valence-corrected chi connectivity index (χ1v) is 7.54. The molecule has 2 atom stereocenters. The van der Waals surface area contributed by atoms with Gasteiger partial charge in [0.15, 0.2) is 6.61 Å². The zero-order valence-corrected chi connectivity index (χ0v) is 13.6. The predicted octanol–water partition coefficient (Wildman–Crippen LogP) is 2.10. The lowest BCUT2D eigenvalue weighted by molar-refractivity contribution is -0.146. The fraction of sp³-hybridized carbons (Fsp3) is 0.467. The smallest absolute Gasteiger partial charge is 0.310 e. The molecule has 0 aliphatic carbocycles. The minimum Gasteiger partial charge on any atom is -0.484 e. The van der Waals surface area contributed by atoms with Crippen LogP contribution in [0.15, 0.2) is 28.7 Å². The fourth-order valence-electron chi connectivity index (χ4n) is 2.42. The Labute approximate surface area is 132 Å². The van der Waals surface area contributed by atoms with Crippen LogP contribution in [0.4, 0.5) is 0 Å². The fourth-order valence-corrected chi connectivity index (χ4v) is 2.80. The minimum absolute atomic E-state index is 0.0307. The predicted molar refractivity (Wildman–Crippen MR) is 80.9 cm³/mol. The topological polar surface area (TPSA) is 55.8 Å². The summed E-state index contributed by atoms with van der Waals surface area (Å²) in [6.07, 6.45) is 0. The number of hydrogen-bond donors (Lipinski definition) is 0. The average molecular weight is 356 g/mol. The Morgan fingerprint density at radius 3 is 2.81 bits per heavy atom. The van der Waals surface area contributed by atoms with Crippen LogP contribution in [0.1, 0.15) is 6.92 Å². The molecule has 1 aliphatic rings. The number of ether oxygens (including phenoxy) is 2.